The fourth-order valence-corrected chi connectivity index (χ4v) is 4.15. The monoisotopic (exact) mass is 426 g/mol. The van der Waals surface area contributed by atoms with E-state index in [0.29, 0.717) is 0 Å². The molecule has 0 amide bonds. The van der Waals surface area contributed by atoms with Crippen molar-refractivity contribution < 1.29 is 54.3 Å². The summed E-state index contributed by atoms with van der Waals surface area (Å²) >= 11 is 0. The molecule has 2 aliphatic rings. The van der Waals surface area contributed by atoms with Crippen LogP contribution in [0.1, 0.15) is 34.6 Å². The van der Waals surface area contributed by atoms with Gasteiger partial charge in [-0.05, 0) is 34.6 Å². The first kappa shape index (κ1) is 24.8. The van der Waals surface area contributed by atoms with E-state index in [-0.39, 0.29) is 0 Å². The zero-order valence-corrected chi connectivity index (χ0v) is 17.8. The van der Waals surface area contributed by atoms with Gasteiger partial charge in [0.05, 0.1) is 6.61 Å². The lowest BCUT2D eigenvalue weighted by Gasteiger charge is -2.66. The van der Waals surface area contributed by atoms with E-state index in [0.717, 1.165) is 13.8 Å². The molecule has 2 aliphatic heterocycles. The highest BCUT2D eigenvalue weighted by atomic mass is 16.8. The smallest absolute Gasteiger partial charge is 0.195 e. The van der Waals surface area contributed by atoms with Crippen LogP contribution in [0.5, 0.6) is 0 Å². The van der Waals surface area contributed by atoms with Gasteiger partial charge in [0.25, 0.3) is 0 Å². The molecule has 2 rings (SSSR count). The second-order valence-corrected chi connectivity index (χ2v) is 8.56. The van der Waals surface area contributed by atoms with Gasteiger partial charge in [-0.3, -0.25) is 0 Å². The van der Waals surface area contributed by atoms with Crippen molar-refractivity contribution in [3.8, 4) is 0 Å². The molecular weight excluding hydrogens is 392 g/mol. The van der Waals surface area contributed by atoms with Gasteiger partial charge in [0.2, 0.25) is 0 Å². The summed E-state index contributed by atoms with van der Waals surface area (Å²) in [5.74, 6) is -2.27. The lowest BCUT2D eigenvalue weighted by molar-refractivity contribution is -0.477. The fourth-order valence-electron chi connectivity index (χ4n) is 4.15. The summed E-state index contributed by atoms with van der Waals surface area (Å²) in [7, 11) is 2.61. The number of methoxy groups -OCH3 is 2. The van der Waals surface area contributed by atoms with Crippen molar-refractivity contribution in [3.63, 3.8) is 0 Å². The Morgan fingerprint density at radius 1 is 0.862 bits per heavy atom. The molecule has 2 fully saturated rings. The van der Waals surface area contributed by atoms with Crippen LogP contribution in [-0.4, -0.2) is 111 Å². The molecule has 0 unspecified atom stereocenters. The third-order valence-corrected chi connectivity index (χ3v) is 6.91. The Labute approximate surface area is 169 Å². The standard InChI is InChI=1S/C18H34O11/c1-14(8-19)17(4,15(2,22)16(3,23)18(5,24)29-14)28-13-9(20)10(25-6)11(26-7)12(21)27-13/h9-13,19-24H,8H2,1-7H3/t9-,10+,11+,12+,13+,14-,15+,16-,17-,18-/m1/s1. The van der Waals surface area contributed by atoms with Crippen LogP contribution in [0.3, 0.4) is 0 Å². The van der Waals surface area contributed by atoms with E-state index in [1.54, 1.807) is 0 Å². The van der Waals surface area contributed by atoms with Gasteiger partial charge in [0.1, 0.15) is 40.7 Å². The van der Waals surface area contributed by atoms with Crippen molar-refractivity contribution >= 4 is 0 Å². The van der Waals surface area contributed by atoms with Gasteiger partial charge in [-0.15, -0.1) is 0 Å². The fraction of sp³-hybridized carbons (Fsp3) is 1.00. The highest BCUT2D eigenvalue weighted by molar-refractivity contribution is 5.22. The van der Waals surface area contributed by atoms with Crippen LogP contribution < -0.4 is 0 Å². The minimum absolute atomic E-state index is 0.731. The molecule has 11 heteroatoms. The number of aliphatic hydroxyl groups excluding tert-OH is 3. The van der Waals surface area contributed by atoms with E-state index in [1.807, 2.05) is 0 Å². The molecule has 10 atom stereocenters. The molecule has 29 heavy (non-hydrogen) atoms. The Balaban J connectivity index is 2.50. The van der Waals surface area contributed by atoms with Crippen LogP contribution in [0, 0.1) is 0 Å². The van der Waals surface area contributed by atoms with E-state index < -0.39 is 65.7 Å². The van der Waals surface area contributed by atoms with Gasteiger partial charge in [-0.2, -0.15) is 0 Å². The third-order valence-electron chi connectivity index (χ3n) is 6.91. The topological polar surface area (TPSA) is 168 Å². The largest absolute Gasteiger partial charge is 0.393 e. The number of hydrogen-bond donors (Lipinski definition) is 6. The first-order valence-corrected chi connectivity index (χ1v) is 9.30. The number of rotatable bonds is 5. The molecule has 0 spiro atoms. The molecule has 0 radical (unpaired) electrons. The van der Waals surface area contributed by atoms with E-state index in [2.05, 4.69) is 0 Å². The Kier molecular flexibility index (Phi) is 6.51. The quantitative estimate of drug-likeness (QED) is 0.283. The number of aliphatic hydroxyl groups is 6. The zero-order valence-electron chi connectivity index (χ0n) is 17.8. The van der Waals surface area contributed by atoms with E-state index in [9.17, 15) is 30.6 Å². The molecule has 0 aromatic carbocycles. The van der Waals surface area contributed by atoms with Gasteiger partial charge in [0.15, 0.2) is 18.4 Å². The molecule has 0 aromatic rings. The molecule has 0 saturated carbocycles. The predicted molar refractivity (Wildman–Crippen MR) is 96.4 cm³/mol. The summed E-state index contributed by atoms with van der Waals surface area (Å²) in [4.78, 5) is 0. The average Bonchev–Trinajstić information content (AvgIpc) is 2.61. The first-order chi connectivity index (χ1) is 13.1. The van der Waals surface area contributed by atoms with Crippen molar-refractivity contribution in [3.05, 3.63) is 0 Å². The van der Waals surface area contributed by atoms with Gasteiger partial charge in [-0.1, -0.05) is 0 Å². The molecule has 0 bridgehead atoms. The second-order valence-electron chi connectivity index (χ2n) is 8.56. The van der Waals surface area contributed by atoms with Gasteiger partial charge < -0.3 is 54.3 Å². The van der Waals surface area contributed by atoms with Gasteiger partial charge in [0, 0.05) is 14.2 Å². The molecule has 0 aliphatic carbocycles. The molecular formula is C18H34O11. The summed E-state index contributed by atoms with van der Waals surface area (Å²) in [6.07, 6.45) is -6.64. The first-order valence-electron chi connectivity index (χ1n) is 9.30. The lowest BCUT2D eigenvalue weighted by Crippen LogP contribution is -2.85. The molecule has 172 valence electrons. The van der Waals surface area contributed by atoms with Crippen molar-refractivity contribution in [2.75, 3.05) is 20.8 Å². The average molecular weight is 426 g/mol. The maximum Gasteiger partial charge on any atom is 0.195 e. The van der Waals surface area contributed by atoms with Gasteiger partial charge >= 0.3 is 0 Å². The maximum atomic E-state index is 11.3. The maximum absolute atomic E-state index is 11.3. The molecule has 6 N–H and O–H groups in total. The third kappa shape index (κ3) is 3.33. The Hall–Kier alpha value is -0.440. The Morgan fingerprint density at radius 2 is 1.38 bits per heavy atom. The molecule has 11 nitrogen and oxygen atoms in total. The lowest BCUT2D eigenvalue weighted by atomic mass is 9.61. The van der Waals surface area contributed by atoms with E-state index >= 15 is 0 Å². The number of hydrogen-bond acceptors (Lipinski definition) is 11. The van der Waals surface area contributed by atoms with Crippen molar-refractivity contribution in [1.29, 1.82) is 0 Å². The van der Waals surface area contributed by atoms with Crippen molar-refractivity contribution in [2.24, 2.45) is 0 Å². The summed E-state index contributed by atoms with van der Waals surface area (Å²) in [5, 5.41) is 63.8. The van der Waals surface area contributed by atoms with Crippen LogP contribution in [0.2, 0.25) is 0 Å². The van der Waals surface area contributed by atoms with E-state index in [1.165, 1.54) is 35.0 Å². The predicted octanol–water partition coefficient (Wildman–Crippen LogP) is -2.18. The normalized spacial score (nSPS) is 56.4. The Morgan fingerprint density at radius 3 is 1.83 bits per heavy atom. The van der Waals surface area contributed by atoms with Crippen LogP contribution in [0.25, 0.3) is 0 Å². The number of ether oxygens (including phenoxy) is 5. The summed E-state index contributed by atoms with van der Waals surface area (Å²) in [6.45, 7) is 5.47. The Bertz CT molecular complexity index is 594. The second kappa shape index (κ2) is 7.61. The molecule has 2 saturated heterocycles. The van der Waals surface area contributed by atoms with Crippen molar-refractivity contribution in [1.82, 2.24) is 0 Å². The minimum atomic E-state index is -2.28. The highest BCUT2D eigenvalue weighted by Gasteiger charge is 2.75. The molecule has 0 aromatic heterocycles. The van der Waals surface area contributed by atoms with Crippen molar-refractivity contribution in [2.45, 2.75) is 93.7 Å². The highest BCUT2D eigenvalue weighted by Crippen LogP contribution is 2.54. The van der Waals surface area contributed by atoms with Gasteiger partial charge in [-0.25, -0.2) is 0 Å². The van der Waals surface area contributed by atoms with E-state index in [4.69, 9.17) is 23.7 Å². The minimum Gasteiger partial charge on any atom is -0.393 e. The molecule has 2 heterocycles. The summed E-state index contributed by atoms with van der Waals surface area (Å²) in [5.41, 5.74) is -8.24. The summed E-state index contributed by atoms with van der Waals surface area (Å²) < 4.78 is 27.1. The summed E-state index contributed by atoms with van der Waals surface area (Å²) in [6, 6.07) is 0. The van der Waals surface area contributed by atoms with Crippen LogP contribution in [0.4, 0.5) is 0 Å². The van der Waals surface area contributed by atoms with Crippen LogP contribution >= 0.6 is 0 Å². The van der Waals surface area contributed by atoms with Crippen LogP contribution in [-0.2, 0) is 23.7 Å². The zero-order chi connectivity index (χ0) is 22.6. The SMILES string of the molecule is CO[C@H]1[C@@H](O)[C@H](O[C@@]2(C)[C@@](C)(O)[C@@](C)(O)[C@](C)(O)O[C@]2(C)CO)O[C@H](O)[C@H]1OC. The van der Waals surface area contributed by atoms with Crippen LogP contribution in [0.15, 0.2) is 0 Å².